The summed E-state index contributed by atoms with van der Waals surface area (Å²) in [6.07, 6.45) is 0. The van der Waals surface area contributed by atoms with Crippen LogP contribution in [0, 0.1) is 5.92 Å². The van der Waals surface area contributed by atoms with Gasteiger partial charge in [-0.15, -0.1) is 0 Å². The van der Waals surface area contributed by atoms with Crippen molar-refractivity contribution in [2.24, 2.45) is 5.92 Å². The summed E-state index contributed by atoms with van der Waals surface area (Å²) in [6, 6.07) is 12.1. The number of hydrogen-bond donors (Lipinski definition) is 1. The van der Waals surface area contributed by atoms with Crippen LogP contribution < -0.4 is 10.1 Å². The number of esters is 1. The highest BCUT2D eigenvalue weighted by Gasteiger charge is 2.28. The Bertz CT molecular complexity index is 1100. The second kappa shape index (κ2) is 10.2. The molecule has 32 heavy (non-hydrogen) atoms. The quantitative estimate of drug-likeness (QED) is 0.496. The number of benzene rings is 2. The van der Waals surface area contributed by atoms with E-state index in [0.29, 0.717) is 17.9 Å². The molecule has 2 aromatic carbocycles. The van der Waals surface area contributed by atoms with E-state index in [9.17, 15) is 18.4 Å². The molecule has 1 heterocycles. The van der Waals surface area contributed by atoms with Crippen molar-refractivity contribution in [1.29, 1.82) is 0 Å². The number of carbonyl (C=O) groups excluding carboxylic acids is 2. The highest BCUT2D eigenvalue weighted by atomic mass is 19.3. The number of carbonyl (C=O) groups is 2. The smallest absolute Gasteiger partial charge is 0.329 e. The van der Waals surface area contributed by atoms with E-state index in [1.165, 1.54) is 6.07 Å². The Morgan fingerprint density at radius 3 is 2.47 bits per heavy atom. The fourth-order valence-electron chi connectivity index (χ4n) is 3.29. The van der Waals surface area contributed by atoms with E-state index in [2.05, 4.69) is 10.3 Å². The van der Waals surface area contributed by atoms with Crippen molar-refractivity contribution in [3.63, 3.8) is 0 Å². The van der Waals surface area contributed by atoms with Gasteiger partial charge in [-0.3, -0.25) is 9.36 Å². The number of nitrogens with zero attached hydrogens (tertiary/aromatic N) is 2. The second-order valence-electron chi connectivity index (χ2n) is 7.40. The number of amides is 1. The summed E-state index contributed by atoms with van der Waals surface area (Å²) in [6.45, 7) is 2.38. The first kappa shape index (κ1) is 23.2. The number of hydrogen-bond acceptors (Lipinski definition) is 5. The van der Waals surface area contributed by atoms with Gasteiger partial charge in [0, 0.05) is 0 Å². The molecule has 0 saturated carbocycles. The van der Waals surface area contributed by atoms with E-state index in [4.69, 9.17) is 9.47 Å². The van der Waals surface area contributed by atoms with Crippen LogP contribution in [0.25, 0.3) is 11.0 Å². The molecule has 1 atom stereocenters. The number of rotatable bonds is 9. The average Bonchev–Trinajstić information content (AvgIpc) is 3.14. The molecule has 0 aliphatic carbocycles. The first-order valence-corrected chi connectivity index (χ1v) is 10.3. The van der Waals surface area contributed by atoms with Crippen LogP contribution in [-0.4, -0.2) is 34.1 Å². The van der Waals surface area contributed by atoms with Crippen LogP contribution in [0.1, 0.15) is 43.5 Å². The van der Waals surface area contributed by atoms with Gasteiger partial charge in [-0.05, 0) is 37.1 Å². The number of aromatic nitrogens is 2. The van der Waals surface area contributed by atoms with Crippen molar-refractivity contribution in [3.05, 3.63) is 59.9 Å². The molecule has 0 aliphatic heterocycles. The Morgan fingerprint density at radius 2 is 1.78 bits per heavy atom. The lowest BCUT2D eigenvalue weighted by molar-refractivity contribution is -0.149. The van der Waals surface area contributed by atoms with Crippen LogP contribution in [0.3, 0.4) is 0 Å². The van der Waals surface area contributed by atoms with Crippen molar-refractivity contribution in [2.45, 2.75) is 40.0 Å². The number of alkyl halides is 2. The summed E-state index contributed by atoms with van der Waals surface area (Å²) < 4.78 is 38.6. The number of nitrogens with one attached hydrogen (secondary N) is 1. The van der Waals surface area contributed by atoms with Crippen LogP contribution in [-0.2, 0) is 16.1 Å². The number of halogens is 2. The van der Waals surface area contributed by atoms with Gasteiger partial charge in [0.2, 0.25) is 0 Å². The molecule has 1 N–H and O–H groups in total. The fraction of sp³-hybridized carbons (Fsp3) is 0.348. The van der Waals surface area contributed by atoms with Crippen LogP contribution in [0.15, 0.2) is 48.5 Å². The normalized spacial score (nSPS) is 12.2. The summed E-state index contributed by atoms with van der Waals surface area (Å²) in [5, 5.41) is 2.66. The summed E-state index contributed by atoms with van der Waals surface area (Å²) in [5.74, 6) is -1.22. The number of para-hydroxylation sites is 3. The Balaban J connectivity index is 1.75. The van der Waals surface area contributed by atoms with Gasteiger partial charge in [0.25, 0.3) is 5.91 Å². The Kier molecular flexibility index (Phi) is 7.40. The zero-order chi connectivity index (χ0) is 23.3. The monoisotopic (exact) mass is 445 g/mol. The maximum Gasteiger partial charge on any atom is 0.329 e. The van der Waals surface area contributed by atoms with E-state index >= 15 is 0 Å². The average molecular weight is 445 g/mol. The first-order valence-electron chi connectivity index (χ1n) is 10.3. The Labute approximate surface area is 184 Å². The summed E-state index contributed by atoms with van der Waals surface area (Å²) in [4.78, 5) is 29.7. The lowest BCUT2D eigenvalue weighted by atomic mass is 10.0. The second-order valence-corrected chi connectivity index (χ2v) is 7.40. The van der Waals surface area contributed by atoms with Gasteiger partial charge in [-0.2, -0.15) is 8.78 Å². The van der Waals surface area contributed by atoms with Gasteiger partial charge in [0.1, 0.15) is 18.4 Å². The predicted octanol–water partition coefficient (Wildman–Crippen LogP) is 4.33. The van der Waals surface area contributed by atoms with E-state index in [-0.39, 0.29) is 22.8 Å². The fourth-order valence-corrected chi connectivity index (χ4v) is 3.29. The minimum atomic E-state index is -2.84. The molecule has 0 unspecified atom stereocenters. The third-order valence-electron chi connectivity index (χ3n) is 4.85. The van der Waals surface area contributed by atoms with Crippen LogP contribution in [0.4, 0.5) is 8.78 Å². The number of ether oxygens (including phenoxy) is 2. The molecule has 7 nitrogen and oxygen atoms in total. The topological polar surface area (TPSA) is 82.4 Å². The van der Waals surface area contributed by atoms with E-state index in [1.54, 1.807) is 63.2 Å². The molecule has 0 aliphatic rings. The Morgan fingerprint density at radius 1 is 1.09 bits per heavy atom. The predicted molar refractivity (Wildman–Crippen MR) is 114 cm³/mol. The summed E-state index contributed by atoms with van der Waals surface area (Å²) in [7, 11) is 0. The molecule has 9 heteroatoms. The molecule has 0 bridgehead atoms. The molecule has 3 rings (SSSR count). The van der Waals surface area contributed by atoms with Gasteiger partial charge in [0.15, 0.2) is 5.82 Å². The van der Waals surface area contributed by atoms with Crippen molar-refractivity contribution in [1.82, 2.24) is 14.9 Å². The highest BCUT2D eigenvalue weighted by Crippen LogP contribution is 2.24. The molecule has 0 saturated heterocycles. The minimum absolute atomic E-state index is 0.0786. The first-order chi connectivity index (χ1) is 15.3. The maximum atomic E-state index is 13.6. The van der Waals surface area contributed by atoms with Gasteiger partial charge in [-0.1, -0.05) is 38.1 Å². The molecule has 0 radical (unpaired) electrons. The van der Waals surface area contributed by atoms with Gasteiger partial charge in [0.05, 0.1) is 23.2 Å². The molecule has 1 aromatic heterocycles. The third-order valence-corrected chi connectivity index (χ3v) is 4.85. The highest BCUT2D eigenvalue weighted by molar-refractivity contribution is 5.99. The van der Waals surface area contributed by atoms with Crippen molar-refractivity contribution >= 4 is 22.9 Å². The number of imidazole rings is 1. The van der Waals surface area contributed by atoms with Crippen LogP contribution in [0.5, 0.6) is 5.75 Å². The summed E-state index contributed by atoms with van der Waals surface area (Å²) in [5.41, 5.74) is 0.905. The van der Waals surface area contributed by atoms with Crippen molar-refractivity contribution in [3.8, 4) is 5.75 Å². The molecule has 0 fully saturated rings. The SMILES string of the molecule is CCOc1ccccc1C(=O)N[C@H](C(=O)OCc1nc2ccccc2n1C(F)F)C(C)C. The lowest BCUT2D eigenvalue weighted by Crippen LogP contribution is -2.45. The summed E-state index contributed by atoms with van der Waals surface area (Å²) >= 11 is 0. The zero-order valence-electron chi connectivity index (χ0n) is 18.0. The molecule has 1 amide bonds. The van der Waals surface area contributed by atoms with E-state index in [1.807, 2.05) is 0 Å². The van der Waals surface area contributed by atoms with Gasteiger partial charge < -0.3 is 14.8 Å². The largest absolute Gasteiger partial charge is 0.493 e. The van der Waals surface area contributed by atoms with E-state index < -0.39 is 31.1 Å². The van der Waals surface area contributed by atoms with Crippen molar-refractivity contribution in [2.75, 3.05) is 6.61 Å². The molecular weight excluding hydrogens is 420 g/mol. The molecule has 3 aromatic rings. The zero-order valence-corrected chi connectivity index (χ0v) is 18.0. The third kappa shape index (κ3) is 5.04. The molecule has 170 valence electrons. The van der Waals surface area contributed by atoms with Crippen LogP contribution >= 0.6 is 0 Å². The standard InChI is InChI=1S/C23H25F2N3O4/c1-4-31-18-12-8-5-9-15(18)21(29)27-20(14(2)3)22(30)32-13-19-26-16-10-6-7-11-17(16)28(19)23(24)25/h5-12,14,20,23H,4,13H2,1-3H3,(H,27,29)/t20-/m0/s1. The van der Waals surface area contributed by atoms with Gasteiger partial charge in [-0.25, -0.2) is 9.78 Å². The minimum Gasteiger partial charge on any atom is -0.493 e. The number of fused-ring (bicyclic) bond motifs is 1. The molecular formula is C23H25F2N3O4. The maximum absolute atomic E-state index is 13.6. The Hall–Kier alpha value is -3.49. The van der Waals surface area contributed by atoms with Crippen LogP contribution in [0.2, 0.25) is 0 Å². The van der Waals surface area contributed by atoms with Gasteiger partial charge >= 0.3 is 12.5 Å². The lowest BCUT2D eigenvalue weighted by Gasteiger charge is -2.21. The molecule has 0 spiro atoms. The van der Waals surface area contributed by atoms with Crippen molar-refractivity contribution < 1.29 is 27.8 Å². The van der Waals surface area contributed by atoms with E-state index in [0.717, 1.165) is 4.57 Å².